The van der Waals surface area contributed by atoms with Gasteiger partial charge in [0.05, 0.1) is 0 Å². The molecule has 16 heavy (non-hydrogen) atoms. The van der Waals surface area contributed by atoms with Crippen molar-refractivity contribution in [1.29, 1.82) is 0 Å². The number of rotatable bonds is 7. The molecule has 0 saturated carbocycles. The Balaban J connectivity index is 2.63. The Morgan fingerprint density at radius 2 is 2.12 bits per heavy atom. The summed E-state index contributed by atoms with van der Waals surface area (Å²) >= 11 is 0. The molecule has 0 aliphatic carbocycles. The minimum atomic E-state index is -0.106. The third-order valence-corrected chi connectivity index (χ3v) is 2.70. The molecule has 0 radical (unpaired) electrons. The van der Waals surface area contributed by atoms with E-state index in [-0.39, 0.29) is 12.1 Å². The fraction of sp³-hybridized carbons (Fsp3) is 0.692. The summed E-state index contributed by atoms with van der Waals surface area (Å²) < 4.78 is 11.4. The van der Waals surface area contributed by atoms with Crippen LogP contribution in [0.5, 0.6) is 0 Å². The lowest BCUT2D eigenvalue weighted by Crippen LogP contribution is -2.29. The van der Waals surface area contributed by atoms with Gasteiger partial charge in [-0.1, -0.05) is 20.3 Å². The minimum absolute atomic E-state index is 0.00223. The van der Waals surface area contributed by atoms with Crippen LogP contribution in [0.2, 0.25) is 0 Å². The van der Waals surface area contributed by atoms with Crippen molar-refractivity contribution in [2.45, 2.75) is 52.2 Å². The van der Waals surface area contributed by atoms with Crippen LogP contribution in [0.4, 0.5) is 0 Å². The van der Waals surface area contributed by atoms with Crippen LogP contribution >= 0.6 is 0 Å². The van der Waals surface area contributed by atoms with Gasteiger partial charge in [-0.25, -0.2) is 0 Å². The number of aryl methyl sites for hydroxylation is 1. The highest BCUT2D eigenvalue weighted by Crippen LogP contribution is 2.24. The number of nitrogens with two attached hydrogens (primary N) is 1. The summed E-state index contributed by atoms with van der Waals surface area (Å²) in [5.41, 5.74) is 6.06. The van der Waals surface area contributed by atoms with Crippen molar-refractivity contribution >= 4 is 0 Å². The Hall–Kier alpha value is -0.800. The molecule has 0 bridgehead atoms. The first-order valence-corrected chi connectivity index (χ1v) is 6.12. The Morgan fingerprint density at radius 3 is 2.62 bits per heavy atom. The lowest BCUT2D eigenvalue weighted by atomic mass is 10.1. The van der Waals surface area contributed by atoms with E-state index in [1.165, 1.54) is 0 Å². The van der Waals surface area contributed by atoms with Crippen LogP contribution in [0, 0.1) is 6.92 Å². The molecule has 0 aliphatic heterocycles. The molecule has 0 aromatic carbocycles. The Bertz CT molecular complexity index is 296. The van der Waals surface area contributed by atoms with Crippen molar-refractivity contribution in [2.75, 3.05) is 6.61 Å². The molecule has 2 atom stereocenters. The van der Waals surface area contributed by atoms with Crippen molar-refractivity contribution in [3.05, 3.63) is 23.7 Å². The van der Waals surface area contributed by atoms with Crippen LogP contribution in [-0.4, -0.2) is 12.6 Å². The van der Waals surface area contributed by atoms with E-state index in [9.17, 15) is 0 Å². The van der Waals surface area contributed by atoms with E-state index in [1.807, 2.05) is 19.1 Å². The molecule has 3 nitrogen and oxygen atoms in total. The zero-order chi connectivity index (χ0) is 12.0. The second-order valence-corrected chi connectivity index (χ2v) is 4.17. The number of hydrogen-bond acceptors (Lipinski definition) is 3. The van der Waals surface area contributed by atoms with Gasteiger partial charge in [0.15, 0.2) is 0 Å². The average molecular weight is 225 g/mol. The molecule has 2 N–H and O–H groups in total. The molecule has 0 amide bonds. The minimum Gasteiger partial charge on any atom is -0.464 e. The Kier molecular flexibility index (Phi) is 5.56. The van der Waals surface area contributed by atoms with E-state index < -0.39 is 0 Å². The van der Waals surface area contributed by atoms with Crippen LogP contribution in [0.1, 0.15) is 50.7 Å². The van der Waals surface area contributed by atoms with Crippen LogP contribution < -0.4 is 5.73 Å². The lowest BCUT2D eigenvalue weighted by Gasteiger charge is -2.21. The summed E-state index contributed by atoms with van der Waals surface area (Å²) in [6.45, 7) is 6.89. The highest BCUT2D eigenvalue weighted by atomic mass is 16.5. The highest BCUT2D eigenvalue weighted by Gasteiger charge is 2.22. The molecule has 1 aromatic rings. The molecule has 92 valence electrons. The van der Waals surface area contributed by atoms with Crippen LogP contribution in [0.15, 0.2) is 16.5 Å². The molecule has 3 heteroatoms. The maximum Gasteiger partial charge on any atom is 0.134 e. The van der Waals surface area contributed by atoms with E-state index in [0.717, 1.165) is 37.4 Å². The molecule has 1 rings (SSSR count). The topological polar surface area (TPSA) is 48.4 Å². The standard InChI is InChI=1S/C13H23NO2/c1-4-6-9-15-13(11(14)5-2)12-8-7-10(3)16-12/h7-8,11,13H,4-6,9,14H2,1-3H3. The first-order chi connectivity index (χ1) is 7.69. The first kappa shape index (κ1) is 13.3. The highest BCUT2D eigenvalue weighted by molar-refractivity contribution is 5.10. The molecule has 0 fully saturated rings. The molecule has 0 aliphatic rings. The number of furan rings is 1. The van der Waals surface area contributed by atoms with E-state index in [2.05, 4.69) is 13.8 Å². The molecule has 1 aromatic heterocycles. The number of ether oxygens (including phenoxy) is 1. The summed E-state index contributed by atoms with van der Waals surface area (Å²) in [7, 11) is 0. The predicted octanol–water partition coefficient (Wildman–Crippen LogP) is 3.18. The third-order valence-electron chi connectivity index (χ3n) is 2.70. The maximum atomic E-state index is 6.06. The fourth-order valence-corrected chi connectivity index (χ4v) is 1.59. The van der Waals surface area contributed by atoms with Gasteiger partial charge in [-0.2, -0.15) is 0 Å². The Labute approximate surface area is 98.0 Å². The van der Waals surface area contributed by atoms with Crippen LogP contribution in [-0.2, 0) is 4.74 Å². The molecular formula is C13H23NO2. The van der Waals surface area contributed by atoms with Crippen LogP contribution in [0.3, 0.4) is 0 Å². The predicted molar refractivity (Wildman–Crippen MR) is 65.3 cm³/mol. The van der Waals surface area contributed by atoms with E-state index in [1.54, 1.807) is 0 Å². The van der Waals surface area contributed by atoms with Gasteiger partial charge < -0.3 is 14.9 Å². The van der Waals surface area contributed by atoms with Crippen molar-refractivity contribution in [3.63, 3.8) is 0 Å². The van der Waals surface area contributed by atoms with Gasteiger partial charge >= 0.3 is 0 Å². The van der Waals surface area contributed by atoms with E-state index in [4.69, 9.17) is 14.9 Å². The van der Waals surface area contributed by atoms with Crippen molar-refractivity contribution in [3.8, 4) is 0 Å². The van der Waals surface area contributed by atoms with Gasteiger partial charge in [0, 0.05) is 12.6 Å². The average Bonchev–Trinajstić information content (AvgIpc) is 2.70. The first-order valence-electron chi connectivity index (χ1n) is 6.12. The third kappa shape index (κ3) is 3.65. The summed E-state index contributed by atoms with van der Waals surface area (Å²) in [4.78, 5) is 0. The van der Waals surface area contributed by atoms with E-state index in [0.29, 0.717) is 0 Å². The molecule has 0 saturated heterocycles. The lowest BCUT2D eigenvalue weighted by molar-refractivity contribution is 0.0172. The van der Waals surface area contributed by atoms with Gasteiger partial charge in [-0.05, 0) is 31.9 Å². The zero-order valence-corrected chi connectivity index (χ0v) is 10.5. The number of unbranched alkanes of at least 4 members (excludes halogenated alkanes) is 1. The Morgan fingerprint density at radius 1 is 1.38 bits per heavy atom. The van der Waals surface area contributed by atoms with Gasteiger partial charge in [0.2, 0.25) is 0 Å². The largest absolute Gasteiger partial charge is 0.464 e. The quantitative estimate of drug-likeness (QED) is 0.725. The normalized spacial score (nSPS) is 15.0. The van der Waals surface area contributed by atoms with Gasteiger partial charge in [-0.15, -0.1) is 0 Å². The van der Waals surface area contributed by atoms with E-state index >= 15 is 0 Å². The molecular weight excluding hydrogens is 202 g/mol. The smallest absolute Gasteiger partial charge is 0.134 e. The van der Waals surface area contributed by atoms with Crippen LogP contribution in [0.25, 0.3) is 0 Å². The van der Waals surface area contributed by atoms with Crippen molar-refractivity contribution in [1.82, 2.24) is 0 Å². The van der Waals surface area contributed by atoms with Crippen molar-refractivity contribution < 1.29 is 9.15 Å². The zero-order valence-electron chi connectivity index (χ0n) is 10.5. The van der Waals surface area contributed by atoms with Gasteiger partial charge in [0.1, 0.15) is 17.6 Å². The molecule has 2 unspecified atom stereocenters. The summed E-state index contributed by atoms with van der Waals surface area (Å²) in [5, 5.41) is 0. The number of hydrogen-bond donors (Lipinski definition) is 1. The fourth-order valence-electron chi connectivity index (χ4n) is 1.59. The molecule has 0 spiro atoms. The summed E-state index contributed by atoms with van der Waals surface area (Å²) in [5.74, 6) is 1.75. The summed E-state index contributed by atoms with van der Waals surface area (Å²) in [6.07, 6.45) is 2.97. The van der Waals surface area contributed by atoms with Gasteiger partial charge in [-0.3, -0.25) is 0 Å². The van der Waals surface area contributed by atoms with Gasteiger partial charge in [0.25, 0.3) is 0 Å². The monoisotopic (exact) mass is 225 g/mol. The second-order valence-electron chi connectivity index (χ2n) is 4.17. The maximum absolute atomic E-state index is 6.06. The SMILES string of the molecule is CCCCOC(c1ccc(C)o1)C(N)CC. The van der Waals surface area contributed by atoms with Crippen molar-refractivity contribution in [2.24, 2.45) is 5.73 Å². The summed E-state index contributed by atoms with van der Waals surface area (Å²) in [6, 6.07) is 3.91. The second kappa shape index (κ2) is 6.71. The molecule has 1 heterocycles.